The van der Waals surface area contributed by atoms with E-state index in [1.807, 2.05) is 0 Å². The second-order valence-corrected chi connectivity index (χ2v) is 7.99. The Morgan fingerprint density at radius 2 is 1.84 bits per heavy atom. The molecule has 3 aromatic rings. The Morgan fingerprint density at radius 3 is 2.56 bits per heavy atom. The van der Waals surface area contributed by atoms with Gasteiger partial charge in [-0.25, -0.2) is 13.1 Å². The van der Waals surface area contributed by atoms with Crippen LogP contribution in [0, 0.1) is 6.92 Å². The zero-order chi connectivity index (χ0) is 18.2. The summed E-state index contributed by atoms with van der Waals surface area (Å²) in [6.07, 6.45) is 0. The van der Waals surface area contributed by atoms with E-state index in [2.05, 4.69) is 4.72 Å². The Bertz CT molecular complexity index is 1120. The molecule has 0 saturated heterocycles. The molecule has 0 radical (unpaired) electrons. The van der Waals surface area contributed by atoms with E-state index in [0.717, 1.165) is 10.9 Å². The molecule has 7 heteroatoms. The van der Waals surface area contributed by atoms with Gasteiger partial charge in [-0.1, -0.05) is 29.8 Å². The van der Waals surface area contributed by atoms with Crippen LogP contribution < -0.4 is 10.3 Å². The number of aromatic nitrogens is 1. The van der Waals surface area contributed by atoms with Crippen molar-refractivity contribution in [3.63, 3.8) is 0 Å². The molecular formula is C18H17ClN2O3S. The summed E-state index contributed by atoms with van der Waals surface area (Å²) in [7, 11) is -2.04. The predicted molar refractivity (Wildman–Crippen MR) is 99.4 cm³/mol. The molecule has 0 saturated carbocycles. The smallest absolute Gasteiger partial charge is 0.251 e. The number of nitrogens with one attached hydrogen (secondary N) is 1. The fraction of sp³-hybridized carbons (Fsp3) is 0.167. The van der Waals surface area contributed by atoms with Crippen LogP contribution in [0.25, 0.3) is 10.9 Å². The van der Waals surface area contributed by atoms with Gasteiger partial charge in [0.25, 0.3) is 5.56 Å². The molecule has 1 aromatic heterocycles. The van der Waals surface area contributed by atoms with Gasteiger partial charge in [-0.3, -0.25) is 4.79 Å². The van der Waals surface area contributed by atoms with Crippen molar-refractivity contribution < 1.29 is 8.42 Å². The number of fused-ring (bicyclic) bond motifs is 1. The third kappa shape index (κ3) is 3.46. The van der Waals surface area contributed by atoms with Gasteiger partial charge in [0.05, 0.1) is 10.4 Å². The number of pyridine rings is 1. The predicted octanol–water partition coefficient (Wildman–Crippen LogP) is 2.98. The lowest BCUT2D eigenvalue weighted by Gasteiger charge is -2.11. The summed E-state index contributed by atoms with van der Waals surface area (Å²) in [5, 5.41) is 1.23. The molecule has 1 heterocycles. The summed E-state index contributed by atoms with van der Waals surface area (Å²) in [6, 6.07) is 13.3. The van der Waals surface area contributed by atoms with E-state index >= 15 is 0 Å². The van der Waals surface area contributed by atoms with Gasteiger partial charge in [0, 0.05) is 30.1 Å². The Morgan fingerprint density at radius 1 is 1.12 bits per heavy atom. The molecule has 0 unspecified atom stereocenters. The van der Waals surface area contributed by atoms with Crippen molar-refractivity contribution in [3.8, 4) is 0 Å². The fourth-order valence-corrected chi connectivity index (χ4v) is 3.90. The summed E-state index contributed by atoms with van der Waals surface area (Å²) in [6.45, 7) is 1.89. The lowest BCUT2D eigenvalue weighted by molar-refractivity contribution is 0.581. The van der Waals surface area contributed by atoms with E-state index in [-0.39, 0.29) is 17.0 Å². The van der Waals surface area contributed by atoms with Crippen LogP contribution >= 0.6 is 11.6 Å². The van der Waals surface area contributed by atoms with Crippen molar-refractivity contribution in [1.82, 2.24) is 9.29 Å². The monoisotopic (exact) mass is 376 g/mol. The average Bonchev–Trinajstić information content (AvgIpc) is 2.58. The molecular weight excluding hydrogens is 360 g/mol. The Hall–Kier alpha value is -2.15. The quantitative estimate of drug-likeness (QED) is 0.761. The number of benzene rings is 2. The van der Waals surface area contributed by atoms with Gasteiger partial charge in [-0.05, 0) is 42.3 Å². The first kappa shape index (κ1) is 17.7. The maximum atomic E-state index is 12.6. The fourth-order valence-electron chi connectivity index (χ4n) is 2.67. The lowest BCUT2D eigenvalue weighted by atomic mass is 10.1. The summed E-state index contributed by atoms with van der Waals surface area (Å²) in [4.78, 5) is 12.0. The molecule has 0 aliphatic rings. The number of rotatable bonds is 4. The van der Waals surface area contributed by atoms with Crippen molar-refractivity contribution in [3.05, 3.63) is 75.0 Å². The van der Waals surface area contributed by atoms with Crippen molar-refractivity contribution >= 4 is 32.5 Å². The third-order valence-electron chi connectivity index (χ3n) is 4.15. The lowest BCUT2D eigenvalue weighted by Crippen LogP contribution is -2.23. The van der Waals surface area contributed by atoms with Crippen LogP contribution in [0.5, 0.6) is 0 Å². The first-order valence-electron chi connectivity index (χ1n) is 7.63. The average molecular weight is 377 g/mol. The largest absolute Gasteiger partial charge is 0.311 e. The first-order valence-corrected chi connectivity index (χ1v) is 9.49. The van der Waals surface area contributed by atoms with Crippen LogP contribution in [-0.2, 0) is 23.6 Å². The molecule has 0 fully saturated rings. The molecule has 0 bridgehead atoms. The number of nitrogens with zero attached hydrogens (tertiary/aromatic N) is 1. The Labute approximate surface area is 150 Å². The molecule has 2 aromatic carbocycles. The minimum absolute atomic E-state index is 0.103. The van der Waals surface area contributed by atoms with Crippen LogP contribution in [0.4, 0.5) is 0 Å². The van der Waals surface area contributed by atoms with E-state index in [4.69, 9.17) is 11.6 Å². The van der Waals surface area contributed by atoms with Crippen LogP contribution in [-0.4, -0.2) is 13.0 Å². The highest BCUT2D eigenvalue weighted by molar-refractivity contribution is 7.89. The summed E-state index contributed by atoms with van der Waals surface area (Å²) in [5.74, 6) is 0. The van der Waals surface area contributed by atoms with E-state index < -0.39 is 10.0 Å². The van der Waals surface area contributed by atoms with Gasteiger partial charge in [-0.2, -0.15) is 0 Å². The second kappa shape index (κ2) is 6.63. The van der Waals surface area contributed by atoms with Gasteiger partial charge >= 0.3 is 0 Å². The Kier molecular flexibility index (Phi) is 4.69. The molecule has 0 atom stereocenters. The standard InChI is InChI=1S/C18H17ClN2O3S/c1-12-9-18(22)21(2)17-8-7-14(10-15(12)17)25(23,24)20-11-13-5-3-4-6-16(13)19/h3-10,20H,11H2,1-2H3. The van der Waals surface area contributed by atoms with E-state index in [9.17, 15) is 13.2 Å². The molecule has 5 nitrogen and oxygen atoms in total. The first-order chi connectivity index (χ1) is 11.8. The maximum Gasteiger partial charge on any atom is 0.251 e. The minimum atomic E-state index is -3.70. The van der Waals surface area contributed by atoms with Gasteiger partial charge < -0.3 is 4.57 Å². The third-order valence-corrected chi connectivity index (χ3v) is 5.91. The molecule has 1 N–H and O–H groups in total. The van der Waals surface area contributed by atoms with Crippen molar-refractivity contribution in [2.75, 3.05) is 0 Å². The Balaban J connectivity index is 1.97. The van der Waals surface area contributed by atoms with Gasteiger partial charge in [-0.15, -0.1) is 0 Å². The number of halogens is 1. The van der Waals surface area contributed by atoms with Crippen molar-refractivity contribution in [1.29, 1.82) is 0 Å². The highest BCUT2D eigenvalue weighted by atomic mass is 35.5. The number of hydrogen-bond acceptors (Lipinski definition) is 3. The topological polar surface area (TPSA) is 68.2 Å². The summed E-state index contributed by atoms with van der Waals surface area (Å²) in [5.41, 5.74) is 2.00. The number of sulfonamides is 1. The molecule has 130 valence electrons. The zero-order valence-electron chi connectivity index (χ0n) is 13.8. The van der Waals surface area contributed by atoms with Gasteiger partial charge in [0.2, 0.25) is 10.0 Å². The highest BCUT2D eigenvalue weighted by Crippen LogP contribution is 2.21. The van der Waals surface area contributed by atoms with Gasteiger partial charge in [0.1, 0.15) is 0 Å². The normalized spacial score (nSPS) is 11.8. The van der Waals surface area contributed by atoms with Gasteiger partial charge in [0.15, 0.2) is 0 Å². The molecule has 3 rings (SSSR count). The molecule has 25 heavy (non-hydrogen) atoms. The molecule has 0 amide bonds. The SMILES string of the molecule is Cc1cc(=O)n(C)c2ccc(S(=O)(=O)NCc3ccccc3Cl)cc12. The van der Waals surface area contributed by atoms with E-state index in [1.165, 1.54) is 16.7 Å². The second-order valence-electron chi connectivity index (χ2n) is 5.82. The maximum absolute atomic E-state index is 12.6. The highest BCUT2D eigenvalue weighted by Gasteiger charge is 2.16. The van der Waals surface area contributed by atoms with Crippen LogP contribution in [0.3, 0.4) is 0 Å². The van der Waals surface area contributed by atoms with Crippen LogP contribution in [0.1, 0.15) is 11.1 Å². The summed E-state index contributed by atoms with van der Waals surface area (Å²) < 4.78 is 29.3. The zero-order valence-corrected chi connectivity index (χ0v) is 15.4. The van der Waals surface area contributed by atoms with Crippen LogP contribution in [0.15, 0.2) is 58.2 Å². The molecule has 0 aliphatic heterocycles. The summed E-state index contributed by atoms with van der Waals surface area (Å²) >= 11 is 6.06. The molecule has 0 aliphatic carbocycles. The van der Waals surface area contributed by atoms with E-state index in [0.29, 0.717) is 16.1 Å². The molecule has 0 spiro atoms. The van der Waals surface area contributed by atoms with Crippen LogP contribution in [0.2, 0.25) is 5.02 Å². The van der Waals surface area contributed by atoms with E-state index in [1.54, 1.807) is 50.4 Å². The van der Waals surface area contributed by atoms with Crippen molar-refractivity contribution in [2.45, 2.75) is 18.4 Å². The number of hydrogen-bond donors (Lipinski definition) is 1. The van der Waals surface area contributed by atoms with Crippen molar-refractivity contribution in [2.24, 2.45) is 7.05 Å². The minimum Gasteiger partial charge on any atom is -0.311 e. The number of aryl methyl sites for hydroxylation is 2.